The Labute approximate surface area is 162 Å². The van der Waals surface area contributed by atoms with Crippen LogP contribution in [-0.4, -0.2) is 38.0 Å². The Balaban J connectivity index is 1.82. The van der Waals surface area contributed by atoms with Gasteiger partial charge in [-0.25, -0.2) is 0 Å². The summed E-state index contributed by atoms with van der Waals surface area (Å²) in [6, 6.07) is 14.2. The standard InChI is InChI=1S/C21H22BrNO3/c1-25-20-12-16(11-18(22)21(20)26-2)10-17-14-23(9-8-19(17)24)13-15-6-4-3-5-7-15/h3-7,10-12H,8-9,13-14H2,1-2H3/b17-10+. The molecule has 2 aromatic carbocycles. The van der Waals surface area contributed by atoms with Gasteiger partial charge in [-0.2, -0.15) is 0 Å². The molecule has 0 spiro atoms. The Bertz CT molecular complexity index is 818. The average Bonchev–Trinajstić information content (AvgIpc) is 2.65. The molecule has 3 rings (SSSR count). The molecule has 0 bridgehead atoms. The Hall–Kier alpha value is -2.11. The number of carbonyl (C=O) groups excluding carboxylic acids is 1. The number of methoxy groups -OCH3 is 2. The SMILES string of the molecule is COc1cc(/C=C2\CN(Cc3ccccc3)CCC2=O)cc(Br)c1OC. The van der Waals surface area contributed by atoms with E-state index in [2.05, 4.69) is 33.0 Å². The maximum Gasteiger partial charge on any atom is 0.174 e. The van der Waals surface area contributed by atoms with Gasteiger partial charge in [0.1, 0.15) is 0 Å². The molecule has 0 unspecified atom stereocenters. The highest BCUT2D eigenvalue weighted by atomic mass is 79.9. The summed E-state index contributed by atoms with van der Waals surface area (Å²) in [4.78, 5) is 14.7. The summed E-state index contributed by atoms with van der Waals surface area (Å²) >= 11 is 3.51. The van der Waals surface area contributed by atoms with Crippen molar-refractivity contribution in [2.75, 3.05) is 27.3 Å². The fourth-order valence-corrected chi connectivity index (χ4v) is 3.78. The molecule has 26 heavy (non-hydrogen) atoms. The van der Waals surface area contributed by atoms with E-state index in [-0.39, 0.29) is 5.78 Å². The van der Waals surface area contributed by atoms with Gasteiger partial charge >= 0.3 is 0 Å². The lowest BCUT2D eigenvalue weighted by molar-refractivity contribution is -0.117. The Kier molecular flexibility index (Phi) is 6.12. The van der Waals surface area contributed by atoms with E-state index < -0.39 is 0 Å². The zero-order chi connectivity index (χ0) is 18.5. The van der Waals surface area contributed by atoms with Gasteiger partial charge in [-0.15, -0.1) is 0 Å². The highest BCUT2D eigenvalue weighted by Crippen LogP contribution is 2.37. The number of halogens is 1. The van der Waals surface area contributed by atoms with Crippen LogP contribution in [0.1, 0.15) is 17.5 Å². The molecule has 5 heteroatoms. The van der Waals surface area contributed by atoms with Crippen LogP contribution in [0.2, 0.25) is 0 Å². The maximum atomic E-state index is 12.4. The van der Waals surface area contributed by atoms with Gasteiger partial charge in [-0.05, 0) is 45.3 Å². The number of hydrogen-bond donors (Lipinski definition) is 0. The van der Waals surface area contributed by atoms with Gasteiger partial charge in [0.25, 0.3) is 0 Å². The molecule has 0 N–H and O–H groups in total. The zero-order valence-corrected chi connectivity index (χ0v) is 16.6. The molecule has 1 heterocycles. The molecule has 1 fully saturated rings. The van der Waals surface area contributed by atoms with Crippen molar-refractivity contribution in [3.05, 3.63) is 63.6 Å². The molecule has 0 atom stereocenters. The van der Waals surface area contributed by atoms with Crippen LogP contribution < -0.4 is 9.47 Å². The van der Waals surface area contributed by atoms with E-state index in [1.165, 1.54) is 5.56 Å². The number of likely N-dealkylation sites (tertiary alicyclic amines) is 1. The summed E-state index contributed by atoms with van der Waals surface area (Å²) < 4.78 is 11.5. The van der Waals surface area contributed by atoms with Gasteiger partial charge < -0.3 is 9.47 Å². The zero-order valence-electron chi connectivity index (χ0n) is 15.0. The van der Waals surface area contributed by atoms with E-state index in [9.17, 15) is 4.79 Å². The second kappa shape index (κ2) is 8.52. The van der Waals surface area contributed by atoms with E-state index in [4.69, 9.17) is 9.47 Å². The molecular formula is C21H22BrNO3. The molecule has 136 valence electrons. The molecule has 1 aliphatic rings. The molecule has 0 aromatic heterocycles. The highest BCUT2D eigenvalue weighted by molar-refractivity contribution is 9.10. The summed E-state index contributed by atoms with van der Waals surface area (Å²) in [7, 11) is 3.21. The van der Waals surface area contributed by atoms with Crippen LogP contribution in [0.15, 0.2) is 52.5 Å². The smallest absolute Gasteiger partial charge is 0.174 e. The Morgan fingerprint density at radius 3 is 2.62 bits per heavy atom. The van der Waals surface area contributed by atoms with E-state index >= 15 is 0 Å². The third-order valence-electron chi connectivity index (χ3n) is 4.45. The second-order valence-electron chi connectivity index (χ2n) is 6.28. The highest BCUT2D eigenvalue weighted by Gasteiger charge is 2.21. The molecule has 0 saturated carbocycles. The first-order valence-electron chi connectivity index (χ1n) is 8.52. The van der Waals surface area contributed by atoms with Crippen molar-refractivity contribution in [2.45, 2.75) is 13.0 Å². The number of benzene rings is 2. The Morgan fingerprint density at radius 2 is 1.92 bits per heavy atom. The minimum Gasteiger partial charge on any atom is -0.493 e. The van der Waals surface area contributed by atoms with Gasteiger partial charge in [0, 0.05) is 31.6 Å². The molecule has 1 saturated heterocycles. The van der Waals surface area contributed by atoms with Crippen molar-refractivity contribution in [3.63, 3.8) is 0 Å². The summed E-state index contributed by atoms with van der Waals surface area (Å²) in [5.41, 5.74) is 3.00. The lowest BCUT2D eigenvalue weighted by atomic mass is 9.99. The third kappa shape index (κ3) is 4.34. The summed E-state index contributed by atoms with van der Waals surface area (Å²) in [6.07, 6.45) is 2.50. The summed E-state index contributed by atoms with van der Waals surface area (Å²) in [5, 5.41) is 0. The van der Waals surface area contributed by atoms with Gasteiger partial charge in [0.05, 0.1) is 18.7 Å². The van der Waals surface area contributed by atoms with Crippen LogP contribution >= 0.6 is 15.9 Å². The normalized spacial score (nSPS) is 16.7. The Morgan fingerprint density at radius 1 is 1.15 bits per heavy atom. The molecule has 0 aliphatic carbocycles. The van der Waals surface area contributed by atoms with Crippen molar-refractivity contribution < 1.29 is 14.3 Å². The molecule has 1 aliphatic heterocycles. The molecule has 0 amide bonds. The van der Waals surface area contributed by atoms with Gasteiger partial charge in [0.15, 0.2) is 17.3 Å². The summed E-state index contributed by atoms with van der Waals surface area (Å²) in [6.45, 7) is 2.29. The minimum atomic E-state index is 0.209. The van der Waals surface area contributed by atoms with Crippen molar-refractivity contribution in [1.82, 2.24) is 4.90 Å². The number of ketones is 1. The van der Waals surface area contributed by atoms with Crippen molar-refractivity contribution in [2.24, 2.45) is 0 Å². The first-order chi connectivity index (χ1) is 12.6. The van der Waals surface area contributed by atoms with Crippen molar-refractivity contribution >= 4 is 27.8 Å². The quantitative estimate of drug-likeness (QED) is 0.681. The lowest BCUT2D eigenvalue weighted by Gasteiger charge is -2.28. The topological polar surface area (TPSA) is 38.8 Å². The average molecular weight is 416 g/mol. The monoisotopic (exact) mass is 415 g/mol. The predicted molar refractivity (Wildman–Crippen MR) is 107 cm³/mol. The number of hydrogen-bond acceptors (Lipinski definition) is 4. The van der Waals surface area contributed by atoms with Gasteiger partial charge in [0.2, 0.25) is 0 Å². The number of ether oxygens (including phenoxy) is 2. The van der Waals surface area contributed by atoms with E-state index in [1.54, 1.807) is 14.2 Å². The van der Waals surface area contributed by atoms with Crippen LogP contribution in [0.25, 0.3) is 6.08 Å². The van der Waals surface area contributed by atoms with E-state index in [0.717, 1.165) is 28.7 Å². The third-order valence-corrected chi connectivity index (χ3v) is 5.04. The lowest BCUT2D eigenvalue weighted by Crippen LogP contribution is -2.35. The molecular weight excluding hydrogens is 394 g/mol. The van der Waals surface area contributed by atoms with Gasteiger partial charge in [-0.1, -0.05) is 30.3 Å². The van der Waals surface area contributed by atoms with Gasteiger partial charge in [-0.3, -0.25) is 9.69 Å². The van der Waals surface area contributed by atoms with Crippen LogP contribution in [-0.2, 0) is 11.3 Å². The first-order valence-corrected chi connectivity index (χ1v) is 9.31. The molecule has 4 nitrogen and oxygen atoms in total. The summed E-state index contributed by atoms with van der Waals surface area (Å²) in [5.74, 6) is 1.49. The number of nitrogens with zero attached hydrogens (tertiary/aromatic N) is 1. The predicted octanol–water partition coefficient (Wildman–Crippen LogP) is 4.32. The number of rotatable bonds is 5. The molecule has 0 radical (unpaired) electrons. The number of piperidine rings is 1. The van der Waals surface area contributed by atoms with Crippen molar-refractivity contribution in [3.8, 4) is 11.5 Å². The van der Waals surface area contributed by atoms with E-state index in [1.807, 2.05) is 36.4 Å². The van der Waals surface area contributed by atoms with Crippen LogP contribution in [0.4, 0.5) is 0 Å². The minimum absolute atomic E-state index is 0.209. The van der Waals surface area contributed by atoms with Crippen LogP contribution in [0.3, 0.4) is 0 Å². The van der Waals surface area contributed by atoms with Crippen LogP contribution in [0, 0.1) is 0 Å². The molecule has 2 aromatic rings. The maximum absolute atomic E-state index is 12.4. The second-order valence-corrected chi connectivity index (χ2v) is 7.13. The largest absolute Gasteiger partial charge is 0.493 e. The van der Waals surface area contributed by atoms with Crippen LogP contribution in [0.5, 0.6) is 11.5 Å². The number of carbonyl (C=O) groups is 1. The van der Waals surface area contributed by atoms with E-state index in [0.29, 0.717) is 24.5 Å². The number of Topliss-reactive ketones (excluding diaryl/α,β-unsaturated/α-hetero) is 1. The fraction of sp³-hybridized carbons (Fsp3) is 0.286. The fourth-order valence-electron chi connectivity index (χ4n) is 3.15. The van der Waals surface area contributed by atoms with Crippen molar-refractivity contribution in [1.29, 1.82) is 0 Å². The first kappa shape index (κ1) is 18.7.